The first kappa shape index (κ1) is 16.1. The number of aromatic amines is 1. The molecule has 1 atom stereocenters. The molecular formula is C15H17F2N3O2S. The number of aromatic nitrogens is 2. The Morgan fingerprint density at radius 1 is 1.39 bits per heavy atom. The zero-order valence-corrected chi connectivity index (χ0v) is 13.4. The van der Waals surface area contributed by atoms with Gasteiger partial charge in [0.15, 0.2) is 9.84 Å². The third kappa shape index (κ3) is 3.42. The lowest BCUT2D eigenvalue weighted by Gasteiger charge is -2.16. The van der Waals surface area contributed by atoms with Gasteiger partial charge in [-0.15, -0.1) is 0 Å². The zero-order chi connectivity index (χ0) is 16.6. The van der Waals surface area contributed by atoms with Crippen LogP contribution in [0.4, 0.5) is 8.78 Å². The molecule has 8 heteroatoms. The predicted molar refractivity (Wildman–Crippen MR) is 80.7 cm³/mol. The molecule has 23 heavy (non-hydrogen) atoms. The van der Waals surface area contributed by atoms with Crippen molar-refractivity contribution in [3.63, 3.8) is 0 Å². The summed E-state index contributed by atoms with van der Waals surface area (Å²) >= 11 is 0. The van der Waals surface area contributed by atoms with Gasteiger partial charge in [-0.25, -0.2) is 17.2 Å². The van der Waals surface area contributed by atoms with Crippen LogP contribution in [0, 0.1) is 11.6 Å². The summed E-state index contributed by atoms with van der Waals surface area (Å²) in [5.41, 5.74) is 1.04. The van der Waals surface area contributed by atoms with E-state index in [0.717, 1.165) is 18.7 Å². The monoisotopic (exact) mass is 341 g/mol. The molecule has 1 aromatic heterocycles. The van der Waals surface area contributed by atoms with Crippen LogP contribution >= 0.6 is 0 Å². The normalized spacial score (nSPS) is 19.3. The molecule has 5 nitrogen and oxygen atoms in total. The number of nitrogens with zero attached hydrogens (tertiary/aromatic N) is 2. The Bertz CT molecular complexity index is 820. The number of H-pyrrole nitrogens is 1. The highest BCUT2D eigenvalue weighted by molar-refractivity contribution is 7.90. The van der Waals surface area contributed by atoms with E-state index in [-0.39, 0.29) is 10.8 Å². The maximum Gasteiger partial charge on any atom is 0.178 e. The van der Waals surface area contributed by atoms with Crippen LogP contribution in [0.1, 0.15) is 23.6 Å². The van der Waals surface area contributed by atoms with Crippen molar-refractivity contribution in [2.75, 3.05) is 19.3 Å². The third-order valence-corrected chi connectivity index (χ3v) is 5.25. The van der Waals surface area contributed by atoms with Crippen LogP contribution < -0.4 is 0 Å². The Morgan fingerprint density at radius 2 is 2.17 bits per heavy atom. The zero-order valence-electron chi connectivity index (χ0n) is 12.6. The van der Waals surface area contributed by atoms with Crippen molar-refractivity contribution in [2.45, 2.75) is 23.8 Å². The summed E-state index contributed by atoms with van der Waals surface area (Å²) in [7, 11) is -3.33. The molecule has 0 amide bonds. The van der Waals surface area contributed by atoms with Gasteiger partial charge >= 0.3 is 0 Å². The SMILES string of the molecule is CS(=O)(=O)c1cn[nH]c1[C@H]1CCN(Cc2ccc(F)cc2F)C1. The van der Waals surface area contributed by atoms with E-state index in [0.29, 0.717) is 30.9 Å². The highest BCUT2D eigenvalue weighted by atomic mass is 32.2. The molecular weight excluding hydrogens is 324 g/mol. The molecule has 1 aliphatic heterocycles. The van der Waals surface area contributed by atoms with Gasteiger partial charge in [0.25, 0.3) is 0 Å². The topological polar surface area (TPSA) is 66.1 Å². The van der Waals surface area contributed by atoms with Crippen LogP contribution in [0.25, 0.3) is 0 Å². The average Bonchev–Trinajstić information content (AvgIpc) is 3.09. The van der Waals surface area contributed by atoms with Crippen molar-refractivity contribution in [1.82, 2.24) is 15.1 Å². The fraction of sp³-hybridized carbons (Fsp3) is 0.400. The number of halogens is 2. The number of nitrogens with one attached hydrogen (secondary N) is 1. The average molecular weight is 341 g/mol. The Kier molecular flexibility index (Phi) is 4.20. The lowest BCUT2D eigenvalue weighted by atomic mass is 10.1. The molecule has 0 aliphatic carbocycles. The molecule has 0 radical (unpaired) electrons. The predicted octanol–water partition coefficient (Wildman–Crippen LogP) is 2.08. The van der Waals surface area contributed by atoms with E-state index in [9.17, 15) is 17.2 Å². The van der Waals surface area contributed by atoms with Crippen molar-refractivity contribution in [3.8, 4) is 0 Å². The molecule has 0 spiro atoms. The molecule has 0 saturated carbocycles. The molecule has 1 fully saturated rings. The molecule has 0 unspecified atom stereocenters. The van der Waals surface area contributed by atoms with Crippen LogP contribution in [0.2, 0.25) is 0 Å². The molecule has 3 rings (SSSR count). The smallest absolute Gasteiger partial charge is 0.178 e. The van der Waals surface area contributed by atoms with E-state index >= 15 is 0 Å². The van der Waals surface area contributed by atoms with Crippen molar-refractivity contribution in [1.29, 1.82) is 0 Å². The van der Waals surface area contributed by atoms with Crippen molar-refractivity contribution >= 4 is 9.84 Å². The summed E-state index contributed by atoms with van der Waals surface area (Å²) in [4.78, 5) is 2.24. The van der Waals surface area contributed by atoms with Gasteiger partial charge in [0.05, 0.1) is 11.9 Å². The maximum absolute atomic E-state index is 13.7. The quantitative estimate of drug-likeness (QED) is 0.925. The standard InChI is InChI=1S/C15H17F2N3O2S/c1-23(21,22)14-7-18-19-15(14)11-4-5-20(9-11)8-10-2-3-12(16)6-13(10)17/h2-3,6-7,11H,4-5,8-9H2,1H3,(H,18,19)/t11-/m0/s1. The van der Waals surface area contributed by atoms with Gasteiger partial charge in [-0.05, 0) is 19.0 Å². The first-order chi connectivity index (χ1) is 10.8. The fourth-order valence-electron chi connectivity index (χ4n) is 2.98. The molecule has 124 valence electrons. The Balaban J connectivity index is 1.73. The van der Waals surface area contributed by atoms with Gasteiger partial charge in [-0.1, -0.05) is 6.07 Å². The summed E-state index contributed by atoms with van der Waals surface area (Å²) in [6, 6.07) is 3.55. The Morgan fingerprint density at radius 3 is 2.87 bits per heavy atom. The number of likely N-dealkylation sites (tertiary alicyclic amines) is 1. The number of hydrogen-bond donors (Lipinski definition) is 1. The van der Waals surface area contributed by atoms with E-state index in [1.165, 1.54) is 18.3 Å². The molecule has 0 bridgehead atoms. The molecule has 2 heterocycles. The van der Waals surface area contributed by atoms with Crippen LogP contribution in [-0.2, 0) is 16.4 Å². The van der Waals surface area contributed by atoms with Gasteiger partial charge in [-0.3, -0.25) is 10.00 Å². The number of sulfone groups is 1. The van der Waals surface area contributed by atoms with Crippen molar-refractivity contribution < 1.29 is 17.2 Å². The van der Waals surface area contributed by atoms with Crippen LogP contribution in [0.3, 0.4) is 0 Å². The first-order valence-electron chi connectivity index (χ1n) is 7.24. The number of benzene rings is 1. The summed E-state index contributed by atoms with van der Waals surface area (Å²) in [5.74, 6) is -1.15. The van der Waals surface area contributed by atoms with E-state index in [2.05, 4.69) is 10.2 Å². The van der Waals surface area contributed by atoms with Crippen LogP contribution in [0.5, 0.6) is 0 Å². The number of hydrogen-bond acceptors (Lipinski definition) is 4. The second-order valence-electron chi connectivity index (χ2n) is 5.88. The highest BCUT2D eigenvalue weighted by Crippen LogP contribution is 2.31. The maximum atomic E-state index is 13.7. The number of rotatable bonds is 4. The van der Waals surface area contributed by atoms with Gasteiger partial charge in [-0.2, -0.15) is 5.10 Å². The molecule has 1 aliphatic rings. The summed E-state index contributed by atoms with van der Waals surface area (Å²) in [6.45, 7) is 1.68. The minimum atomic E-state index is -3.33. The summed E-state index contributed by atoms with van der Waals surface area (Å²) in [5, 5.41) is 6.62. The Labute approximate surface area is 133 Å². The second kappa shape index (κ2) is 6.01. The molecule has 1 saturated heterocycles. The minimum absolute atomic E-state index is 0.00531. The van der Waals surface area contributed by atoms with E-state index in [4.69, 9.17) is 0 Å². The van der Waals surface area contributed by atoms with Crippen molar-refractivity contribution in [2.24, 2.45) is 0 Å². The van der Waals surface area contributed by atoms with E-state index in [1.54, 1.807) is 0 Å². The van der Waals surface area contributed by atoms with E-state index < -0.39 is 21.5 Å². The summed E-state index contributed by atoms with van der Waals surface area (Å²) in [6.07, 6.45) is 3.24. The lowest BCUT2D eigenvalue weighted by molar-refractivity contribution is 0.320. The van der Waals surface area contributed by atoms with E-state index in [1.807, 2.05) is 4.90 Å². The lowest BCUT2D eigenvalue weighted by Crippen LogP contribution is -2.21. The first-order valence-corrected chi connectivity index (χ1v) is 9.13. The van der Waals surface area contributed by atoms with Gasteiger partial charge < -0.3 is 0 Å². The van der Waals surface area contributed by atoms with Crippen molar-refractivity contribution in [3.05, 3.63) is 47.3 Å². The minimum Gasteiger partial charge on any atom is -0.298 e. The molecule has 2 aromatic rings. The van der Waals surface area contributed by atoms with Crippen LogP contribution in [0.15, 0.2) is 29.3 Å². The Hall–Kier alpha value is -1.80. The van der Waals surface area contributed by atoms with Gasteiger partial charge in [0, 0.05) is 36.9 Å². The summed E-state index contributed by atoms with van der Waals surface area (Å²) < 4.78 is 50.2. The van der Waals surface area contributed by atoms with Gasteiger partial charge in [0.2, 0.25) is 0 Å². The second-order valence-corrected chi connectivity index (χ2v) is 7.86. The third-order valence-electron chi connectivity index (χ3n) is 4.12. The van der Waals surface area contributed by atoms with Gasteiger partial charge in [0.1, 0.15) is 16.5 Å². The molecule has 1 N–H and O–H groups in total. The largest absolute Gasteiger partial charge is 0.298 e. The van der Waals surface area contributed by atoms with Crippen LogP contribution in [-0.4, -0.2) is 42.9 Å². The fourth-order valence-corrected chi connectivity index (χ4v) is 3.83. The molecule has 1 aromatic carbocycles. The highest BCUT2D eigenvalue weighted by Gasteiger charge is 2.29.